The molecule has 3 rings (SSSR count). The zero-order valence-electron chi connectivity index (χ0n) is 15.7. The molecule has 1 aromatic heterocycles. The molecule has 0 aliphatic rings. The van der Waals surface area contributed by atoms with Crippen LogP contribution in [0.5, 0.6) is 0 Å². The van der Waals surface area contributed by atoms with Gasteiger partial charge in [0.15, 0.2) is 5.16 Å². The van der Waals surface area contributed by atoms with Crippen molar-refractivity contribution in [1.82, 2.24) is 20.1 Å². The summed E-state index contributed by atoms with van der Waals surface area (Å²) in [6.45, 7) is 1.86. The Bertz CT molecular complexity index is 977. The van der Waals surface area contributed by atoms with Crippen molar-refractivity contribution >= 4 is 35.4 Å². The number of nitrogens with one attached hydrogen (secondary N) is 1. The first-order valence-corrected chi connectivity index (χ1v) is 10.3. The molecular formula is C20H19ClN4O3S. The van der Waals surface area contributed by atoms with Crippen molar-refractivity contribution in [2.45, 2.75) is 18.5 Å². The van der Waals surface area contributed by atoms with Gasteiger partial charge in [0.2, 0.25) is 5.91 Å². The van der Waals surface area contributed by atoms with E-state index in [1.54, 1.807) is 19.1 Å². The zero-order chi connectivity index (χ0) is 20.6. The van der Waals surface area contributed by atoms with E-state index < -0.39 is 12.0 Å². The predicted octanol–water partition coefficient (Wildman–Crippen LogP) is 3.88. The van der Waals surface area contributed by atoms with E-state index in [1.807, 2.05) is 47.0 Å². The number of carbonyl (C=O) groups is 2. The summed E-state index contributed by atoms with van der Waals surface area (Å²) in [5, 5.41) is 11.9. The van der Waals surface area contributed by atoms with Crippen molar-refractivity contribution in [2.24, 2.45) is 0 Å². The summed E-state index contributed by atoms with van der Waals surface area (Å²) in [6.07, 6.45) is -0.187. The summed E-state index contributed by atoms with van der Waals surface area (Å²) >= 11 is 7.20. The predicted molar refractivity (Wildman–Crippen MR) is 112 cm³/mol. The smallest absolute Gasteiger partial charge is 0.413 e. The molecule has 0 aliphatic heterocycles. The number of amides is 2. The largest absolute Gasteiger partial charge is 0.450 e. The fraction of sp³-hybridized carbons (Fsp3) is 0.200. The van der Waals surface area contributed by atoms with E-state index in [-0.39, 0.29) is 12.4 Å². The monoisotopic (exact) mass is 430 g/mol. The SMILES string of the molecule is CCOC(=O)NC(=O)CSc1nnc(Cc2ccccc2)n1-c1ccc(Cl)cc1. The molecule has 3 aromatic rings. The van der Waals surface area contributed by atoms with Crippen molar-refractivity contribution in [1.29, 1.82) is 0 Å². The number of imide groups is 1. The van der Waals surface area contributed by atoms with Crippen molar-refractivity contribution in [2.75, 3.05) is 12.4 Å². The number of benzene rings is 2. The van der Waals surface area contributed by atoms with Gasteiger partial charge in [-0.1, -0.05) is 53.7 Å². The molecule has 1 N–H and O–H groups in total. The first-order valence-electron chi connectivity index (χ1n) is 8.90. The number of ether oxygens (including phenoxy) is 1. The van der Waals surface area contributed by atoms with Crippen LogP contribution in [0.1, 0.15) is 18.3 Å². The summed E-state index contributed by atoms with van der Waals surface area (Å²) in [6, 6.07) is 17.2. The first kappa shape index (κ1) is 20.9. The van der Waals surface area contributed by atoms with Crippen molar-refractivity contribution in [3.63, 3.8) is 0 Å². The lowest BCUT2D eigenvalue weighted by Crippen LogP contribution is -2.32. The molecular weight excluding hydrogens is 412 g/mol. The minimum atomic E-state index is -0.762. The van der Waals surface area contributed by atoms with E-state index in [2.05, 4.69) is 15.5 Å². The molecule has 0 fully saturated rings. The van der Waals surface area contributed by atoms with E-state index in [4.69, 9.17) is 16.3 Å². The number of aromatic nitrogens is 3. The summed E-state index contributed by atoms with van der Waals surface area (Å²) in [5.41, 5.74) is 1.92. The molecule has 0 saturated carbocycles. The second-order valence-corrected chi connectivity index (χ2v) is 7.31. The molecule has 1 heterocycles. The van der Waals surface area contributed by atoms with E-state index in [9.17, 15) is 9.59 Å². The molecule has 29 heavy (non-hydrogen) atoms. The Morgan fingerprint density at radius 1 is 1.10 bits per heavy atom. The lowest BCUT2D eigenvalue weighted by atomic mass is 10.1. The quantitative estimate of drug-likeness (QED) is 0.572. The molecule has 0 bridgehead atoms. The summed E-state index contributed by atoms with van der Waals surface area (Å²) in [7, 11) is 0. The third kappa shape index (κ3) is 5.82. The minimum Gasteiger partial charge on any atom is -0.450 e. The Morgan fingerprint density at radius 3 is 2.52 bits per heavy atom. The number of rotatable bonds is 7. The Balaban J connectivity index is 1.82. The maximum Gasteiger partial charge on any atom is 0.413 e. The van der Waals surface area contributed by atoms with Gasteiger partial charge in [0, 0.05) is 17.1 Å². The molecule has 0 atom stereocenters. The Kier molecular flexibility index (Phi) is 7.26. The highest BCUT2D eigenvalue weighted by molar-refractivity contribution is 7.99. The normalized spacial score (nSPS) is 10.6. The highest BCUT2D eigenvalue weighted by Crippen LogP contribution is 2.24. The average Bonchev–Trinajstić information content (AvgIpc) is 3.10. The van der Waals surface area contributed by atoms with Gasteiger partial charge in [0.1, 0.15) is 5.82 Å². The van der Waals surface area contributed by atoms with Crippen LogP contribution >= 0.6 is 23.4 Å². The van der Waals surface area contributed by atoms with Crippen LogP contribution in [0.2, 0.25) is 5.02 Å². The fourth-order valence-corrected chi connectivity index (χ4v) is 3.48. The Labute approximate surface area is 177 Å². The van der Waals surface area contributed by atoms with Crippen molar-refractivity contribution < 1.29 is 14.3 Å². The second-order valence-electron chi connectivity index (χ2n) is 5.93. The van der Waals surface area contributed by atoms with E-state index in [1.165, 1.54) is 11.8 Å². The van der Waals surface area contributed by atoms with Crippen LogP contribution in [-0.4, -0.2) is 39.1 Å². The molecule has 0 spiro atoms. The highest BCUT2D eigenvalue weighted by Gasteiger charge is 2.17. The Morgan fingerprint density at radius 2 is 1.83 bits per heavy atom. The van der Waals surface area contributed by atoms with Crippen LogP contribution in [0.3, 0.4) is 0 Å². The number of hydrogen-bond acceptors (Lipinski definition) is 6. The molecule has 7 nitrogen and oxygen atoms in total. The average molecular weight is 431 g/mol. The fourth-order valence-electron chi connectivity index (χ4n) is 2.58. The van der Waals surface area contributed by atoms with Gasteiger partial charge in [0.05, 0.1) is 12.4 Å². The number of thioether (sulfide) groups is 1. The number of carbonyl (C=O) groups excluding carboxylic acids is 2. The van der Waals surface area contributed by atoms with Crippen LogP contribution in [-0.2, 0) is 16.0 Å². The minimum absolute atomic E-state index is 0.00409. The van der Waals surface area contributed by atoms with Gasteiger partial charge in [-0.05, 0) is 36.8 Å². The second kappa shape index (κ2) is 10.1. The number of halogens is 1. The maximum atomic E-state index is 12.0. The lowest BCUT2D eigenvalue weighted by molar-refractivity contribution is -0.117. The molecule has 0 aliphatic carbocycles. The van der Waals surface area contributed by atoms with Gasteiger partial charge in [-0.15, -0.1) is 10.2 Å². The van der Waals surface area contributed by atoms with E-state index >= 15 is 0 Å². The highest BCUT2D eigenvalue weighted by atomic mass is 35.5. The molecule has 150 valence electrons. The van der Waals surface area contributed by atoms with Crippen LogP contribution in [0, 0.1) is 0 Å². The zero-order valence-corrected chi connectivity index (χ0v) is 17.2. The van der Waals surface area contributed by atoms with Crippen LogP contribution in [0.4, 0.5) is 4.79 Å². The summed E-state index contributed by atoms with van der Waals surface area (Å²) in [4.78, 5) is 23.4. The first-order chi connectivity index (χ1) is 14.1. The number of alkyl carbamates (subject to hydrolysis) is 1. The molecule has 2 aromatic carbocycles. The van der Waals surface area contributed by atoms with Gasteiger partial charge in [-0.25, -0.2) is 4.79 Å². The molecule has 2 amide bonds. The number of hydrogen-bond donors (Lipinski definition) is 1. The van der Waals surface area contributed by atoms with Crippen LogP contribution in [0.15, 0.2) is 59.8 Å². The van der Waals surface area contributed by atoms with Crippen molar-refractivity contribution in [3.8, 4) is 5.69 Å². The van der Waals surface area contributed by atoms with Crippen LogP contribution < -0.4 is 5.32 Å². The van der Waals surface area contributed by atoms with Gasteiger partial charge >= 0.3 is 6.09 Å². The Hall–Kier alpha value is -2.84. The van der Waals surface area contributed by atoms with E-state index in [0.29, 0.717) is 16.6 Å². The van der Waals surface area contributed by atoms with Crippen LogP contribution in [0.25, 0.3) is 5.69 Å². The number of nitrogens with zero attached hydrogens (tertiary/aromatic N) is 3. The molecule has 0 radical (unpaired) electrons. The lowest BCUT2D eigenvalue weighted by Gasteiger charge is -2.10. The van der Waals surface area contributed by atoms with E-state index in [0.717, 1.165) is 17.1 Å². The molecule has 9 heteroatoms. The molecule has 0 unspecified atom stereocenters. The topological polar surface area (TPSA) is 86.1 Å². The maximum absolute atomic E-state index is 12.0. The van der Waals surface area contributed by atoms with Crippen molar-refractivity contribution in [3.05, 3.63) is 71.0 Å². The third-order valence-corrected chi connectivity index (χ3v) is 5.02. The standard InChI is InChI=1S/C20H19ClN4O3S/c1-2-28-20(27)22-18(26)13-29-19-24-23-17(12-14-6-4-3-5-7-14)25(19)16-10-8-15(21)9-11-16/h3-11H,2,12-13H2,1H3,(H,22,26,27). The third-order valence-electron chi connectivity index (χ3n) is 3.84. The summed E-state index contributed by atoms with van der Waals surface area (Å²) in [5.74, 6) is 0.256. The van der Waals surface area contributed by atoms with Gasteiger partial charge in [0.25, 0.3) is 0 Å². The van der Waals surface area contributed by atoms with Gasteiger partial charge in [-0.3, -0.25) is 14.7 Å². The van der Waals surface area contributed by atoms with Gasteiger partial charge < -0.3 is 4.74 Å². The molecule has 0 saturated heterocycles. The summed E-state index contributed by atoms with van der Waals surface area (Å²) < 4.78 is 6.59. The van der Waals surface area contributed by atoms with Gasteiger partial charge in [-0.2, -0.15) is 0 Å².